The van der Waals surface area contributed by atoms with Gasteiger partial charge >= 0.3 is 10.9 Å². The van der Waals surface area contributed by atoms with Crippen molar-refractivity contribution in [3.05, 3.63) is 82.9 Å². The van der Waals surface area contributed by atoms with E-state index in [-0.39, 0.29) is 18.3 Å². The average molecular weight is 401 g/mol. The van der Waals surface area contributed by atoms with Crippen LogP contribution in [0.15, 0.2) is 77.2 Å². The van der Waals surface area contributed by atoms with Crippen molar-refractivity contribution in [1.29, 1.82) is 0 Å². The van der Waals surface area contributed by atoms with Gasteiger partial charge in [0.1, 0.15) is 4.92 Å². The molecule has 27 heavy (non-hydrogen) atoms. The summed E-state index contributed by atoms with van der Waals surface area (Å²) in [4.78, 5) is 10.4. The molecular formula is C18H13ClN4O3S. The van der Waals surface area contributed by atoms with E-state index in [1.54, 1.807) is 10.7 Å². The Hall–Kier alpha value is -3.23. The maximum absolute atomic E-state index is 10.9. The number of aromatic nitrogens is 2. The quantitative estimate of drug-likeness (QED) is 0.310. The van der Waals surface area contributed by atoms with Gasteiger partial charge in [0, 0.05) is 22.9 Å². The van der Waals surface area contributed by atoms with Crippen molar-refractivity contribution in [2.45, 2.75) is 0 Å². The zero-order valence-electron chi connectivity index (χ0n) is 13.8. The Morgan fingerprint density at radius 3 is 2.30 bits per heavy atom. The van der Waals surface area contributed by atoms with Crippen LogP contribution < -0.4 is 22.4 Å². The van der Waals surface area contributed by atoms with Gasteiger partial charge in [-0.3, -0.25) is 10.1 Å². The number of anilines is 2. The van der Waals surface area contributed by atoms with Gasteiger partial charge in [-0.1, -0.05) is 36.4 Å². The maximum Gasteiger partial charge on any atom is 0.433 e. The summed E-state index contributed by atoms with van der Waals surface area (Å²) in [6.07, 6.45) is 0. The van der Waals surface area contributed by atoms with Gasteiger partial charge in [-0.05, 0) is 34.2 Å². The average Bonchev–Trinajstić information content (AvgIpc) is 3.30. The van der Waals surface area contributed by atoms with Crippen LogP contribution in [0.25, 0.3) is 16.5 Å². The fourth-order valence-electron chi connectivity index (χ4n) is 2.43. The summed E-state index contributed by atoms with van der Waals surface area (Å²) in [5, 5.41) is 20.1. The second-order valence-corrected chi connectivity index (χ2v) is 6.32. The number of hydrogen-bond acceptors (Lipinski definition) is 6. The summed E-state index contributed by atoms with van der Waals surface area (Å²) in [7, 11) is 0. The molecule has 0 unspecified atom stereocenters. The molecule has 1 N–H and O–H groups in total. The molecule has 2 heterocycles. The highest BCUT2D eigenvalue weighted by atomic mass is 35.5. The third-order valence-electron chi connectivity index (χ3n) is 3.58. The molecule has 9 heteroatoms. The molecule has 0 radical (unpaired) electrons. The SMILES string of the molecule is O=[N+]([O-])c1ccc(-c2sc(Nc3ccccc3)n[n+]2-c2ccccc2)o1.[Cl-]. The van der Waals surface area contributed by atoms with Crippen LogP contribution in [0.2, 0.25) is 0 Å². The number of para-hydroxylation sites is 2. The molecule has 4 rings (SSSR count). The van der Waals surface area contributed by atoms with Crippen molar-refractivity contribution < 1.29 is 26.4 Å². The standard InChI is InChI=1S/C18H13N4O3S.ClH/c23-22(24)16-12-11-15(25-16)17-21(14-9-5-2-6-10-14)20-18(26-17)19-13-7-3-1-4-8-13;/h1-12H,(H,19,20);1H/q+1;/p-1. The topological polar surface area (TPSA) is 85.1 Å². The van der Waals surface area contributed by atoms with Crippen molar-refractivity contribution >= 4 is 28.0 Å². The molecule has 0 atom stereocenters. The molecule has 7 nitrogen and oxygen atoms in total. The lowest BCUT2D eigenvalue weighted by Crippen LogP contribution is -3.00. The van der Waals surface area contributed by atoms with Gasteiger partial charge in [0.25, 0.3) is 5.13 Å². The van der Waals surface area contributed by atoms with Crippen LogP contribution in [0.5, 0.6) is 0 Å². The van der Waals surface area contributed by atoms with Gasteiger partial charge in [0.05, 0.1) is 6.07 Å². The third-order valence-corrected chi connectivity index (χ3v) is 4.53. The number of nitrogens with one attached hydrogen (secondary N) is 1. The van der Waals surface area contributed by atoms with Crippen LogP contribution >= 0.6 is 11.3 Å². The lowest BCUT2D eigenvalue weighted by Gasteiger charge is -1.97. The Balaban J connectivity index is 0.00000210. The Kier molecular flexibility index (Phi) is 5.49. The van der Waals surface area contributed by atoms with E-state index in [9.17, 15) is 10.1 Å². The van der Waals surface area contributed by atoms with Crippen molar-refractivity contribution in [1.82, 2.24) is 5.10 Å². The molecule has 136 valence electrons. The first-order chi connectivity index (χ1) is 12.7. The highest BCUT2D eigenvalue weighted by Crippen LogP contribution is 2.31. The van der Waals surface area contributed by atoms with Crippen molar-refractivity contribution in [3.63, 3.8) is 0 Å². The summed E-state index contributed by atoms with van der Waals surface area (Å²) in [5.74, 6) is 0.0877. The first-order valence-electron chi connectivity index (χ1n) is 7.76. The van der Waals surface area contributed by atoms with Crippen LogP contribution in [0, 0.1) is 10.1 Å². The minimum atomic E-state index is -0.555. The summed E-state index contributed by atoms with van der Waals surface area (Å²) in [6, 6.07) is 22.1. The monoisotopic (exact) mass is 400 g/mol. The fourth-order valence-corrected chi connectivity index (χ4v) is 3.34. The molecule has 0 saturated heterocycles. The predicted molar refractivity (Wildman–Crippen MR) is 97.7 cm³/mol. The molecule has 0 bridgehead atoms. The molecule has 4 aromatic rings. The fraction of sp³-hybridized carbons (Fsp3) is 0. The lowest BCUT2D eigenvalue weighted by molar-refractivity contribution is -0.642. The van der Waals surface area contributed by atoms with Crippen molar-refractivity contribution in [2.24, 2.45) is 0 Å². The van der Waals surface area contributed by atoms with E-state index in [1.807, 2.05) is 60.7 Å². The van der Waals surface area contributed by atoms with E-state index in [0.29, 0.717) is 15.9 Å². The van der Waals surface area contributed by atoms with Gasteiger partial charge in [-0.25, -0.2) is 0 Å². The molecule has 0 aliphatic carbocycles. The van der Waals surface area contributed by atoms with Crippen LogP contribution in [0.3, 0.4) is 0 Å². The molecule has 0 saturated carbocycles. The second kappa shape index (κ2) is 7.98. The molecule has 0 aliphatic heterocycles. The van der Waals surface area contributed by atoms with E-state index >= 15 is 0 Å². The normalized spacial score (nSPS) is 10.2. The first-order valence-corrected chi connectivity index (χ1v) is 8.57. The largest absolute Gasteiger partial charge is 1.00 e. The van der Waals surface area contributed by atoms with Gasteiger partial charge in [0.15, 0.2) is 0 Å². The maximum atomic E-state index is 10.9. The molecule has 0 fully saturated rings. The summed E-state index contributed by atoms with van der Waals surface area (Å²) < 4.78 is 7.09. The zero-order chi connectivity index (χ0) is 17.9. The smallest absolute Gasteiger partial charge is 0.433 e. The Morgan fingerprint density at radius 2 is 1.67 bits per heavy atom. The van der Waals surface area contributed by atoms with Crippen LogP contribution in [0.4, 0.5) is 16.7 Å². The number of nitrogens with zero attached hydrogens (tertiary/aromatic N) is 3. The van der Waals surface area contributed by atoms with E-state index in [4.69, 9.17) is 4.42 Å². The molecule has 0 spiro atoms. The van der Waals surface area contributed by atoms with E-state index in [0.717, 1.165) is 11.4 Å². The van der Waals surface area contributed by atoms with E-state index in [2.05, 4.69) is 10.4 Å². The minimum Gasteiger partial charge on any atom is -1.00 e. The molecule has 0 aliphatic rings. The van der Waals surface area contributed by atoms with E-state index < -0.39 is 4.92 Å². The summed E-state index contributed by atoms with van der Waals surface area (Å²) in [6.45, 7) is 0. The van der Waals surface area contributed by atoms with E-state index in [1.165, 1.54) is 17.4 Å². The Bertz CT molecular complexity index is 1050. The summed E-state index contributed by atoms with van der Waals surface area (Å²) in [5.41, 5.74) is 1.73. The molecular weight excluding hydrogens is 388 g/mol. The van der Waals surface area contributed by atoms with Crippen LogP contribution in [-0.4, -0.2) is 10.0 Å². The molecule has 2 aromatic carbocycles. The number of nitro groups is 1. The molecule has 0 amide bonds. The highest BCUT2D eigenvalue weighted by molar-refractivity contribution is 7.18. The lowest BCUT2D eigenvalue weighted by atomic mass is 10.3. The van der Waals surface area contributed by atoms with Gasteiger partial charge in [0.2, 0.25) is 11.4 Å². The highest BCUT2D eigenvalue weighted by Gasteiger charge is 2.28. The van der Waals surface area contributed by atoms with Gasteiger partial charge in [-0.15, -0.1) is 0 Å². The van der Waals surface area contributed by atoms with Crippen LogP contribution in [-0.2, 0) is 0 Å². The van der Waals surface area contributed by atoms with Crippen molar-refractivity contribution in [3.8, 4) is 16.5 Å². The Labute approximate surface area is 164 Å². The van der Waals surface area contributed by atoms with Crippen molar-refractivity contribution in [2.75, 3.05) is 5.32 Å². The predicted octanol–water partition coefficient (Wildman–Crippen LogP) is 1.34. The molecule has 2 aromatic heterocycles. The third kappa shape index (κ3) is 3.97. The van der Waals surface area contributed by atoms with Gasteiger partial charge in [-0.2, -0.15) is 0 Å². The minimum absolute atomic E-state index is 0. The number of halogens is 1. The second-order valence-electron chi connectivity index (χ2n) is 5.35. The number of rotatable bonds is 5. The number of furan rings is 1. The number of hydrogen-bond donors (Lipinski definition) is 1. The number of benzene rings is 2. The van der Waals surface area contributed by atoms with Gasteiger partial charge < -0.3 is 22.1 Å². The first kappa shape index (κ1) is 18.6. The summed E-state index contributed by atoms with van der Waals surface area (Å²) >= 11 is 1.35. The van der Waals surface area contributed by atoms with Crippen LogP contribution in [0.1, 0.15) is 0 Å². The zero-order valence-corrected chi connectivity index (χ0v) is 15.4. The Morgan fingerprint density at radius 1 is 1.00 bits per heavy atom.